The maximum atomic E-state index is 11.9. The second-order valence-corrected chi connectivity index (χ2v) is 4.85. The highest BCUT2D eigenvalue weighted by Gasteiger charge is 2.14. The number of hydrogen-bond acceptors (Lipinski definition) is 8. The summed E-state index contributed by atoms with van der Waals surface area (Å²) in [7, 11) is 1.41. The van der Waals surface area contributed by atoms with Crippen LogP contribution in [0.15, 0.2) is 32.9 Å². The number of ether oxygens (including phenoxy) is 1. The number of carbonyl (C=O) groups is 1. The first-order valence-electron chi connectivity index (χ1n) is 7.06. The topological polar surface area (TPSA) is 162 Å². The molecule has 0 unspecified atom stereocenters. The van der Waals surface area contributed by atoms with Crippen molar-refractivity contribution < 1.29 is 14.6 Å². The minimum Gasteiger partial charge on any atom is -0.504 e. The number of nitrogens with one attached hydrogen (secondary N) is 4. The third-order valence-electron chi connectivity index (χ3n) is 3.09. The van der Waals surface area contributed by atoms with Gasteiger partial charge in [0.2, 0.25) is 5.82 Å². The zero-order chi connectivity index (χ0) is 18.4. The Kier molecular flexibility index (Phi) is 5.50. The van der Waals surface area contributed by atoms with E-state index in [-0.39, 0.29) is 17.3 Å². The van der Waals surface area contributed by atoms with Gasteiger partial charge in [-0.05, 0) is 19.1 Å². The van der Waals surface area contributed by atoms with E-state index in [0.29, 0.717) is 5.56 Å². The van der Waals surface area contributed by atoms with Gasteiger partial charge >= 0.3 is 5.69 Å². The van der Waals surface area contributed by atoms with Gasteiger partial charge in [-0.25, -0.2) is 15.3 Å². The van der Waals surface area contributed by atoms with E-state index < -0.39 is 23.2 Å². The first-order valence-corrected chi connectivity index (χ1v) is 7.06. The number of amides is 1. The fourth-order valence-electron chi connectivity index (χ4n) is 1.79. The molecule has 0 aliphatic carbocycles. The smallest absolute Gasteiger partial charge is 0.342 e. The Labute approximate surface area is 140 Å². The number of phenolic OH excluding ortho intramolecular Hbond substituents is 1. The molecular formula is C14H16N6O5. The Hall–Kier alpha value is -3.63. The summed E-state index contributed by atoms with van der Waals surface area (Å²) in [5.74, 6) is -0.616. The van der Waals surface area contributed by atoms with Crippen molar-refractivity contribution in [2.24, 2.45) is 5.10 Å². The van der Waals surface area contributed by atoms with Gasteiger partial charge in [0.25, 0.3) is 11.5 Å². The normalized spacial score (nSPS) is 11.9. The van der Waals surface area contributed by atoms with Gasteiger partial charge in [0.05, 0.1) is 13.3 Å². The van der Waals surface area contributed by atoms with E-state index in [9.17, 15) is 19.5 Å². The summed E-state index contributed by atoms with van der Waals surface area (Å²) in [4.78, 5) is 36.3. The van der Waals surface area contributed by atoms with Gasteiger partial charge in [-0.2, -0.15) is 5.10 Å². The third kappa shape index (κ3) is 4.43. The molecule has 2 rings (SSSR count). The lowest BCUT2D eigenvalue weighted by atomic mass is 10.2. The van der Waals surface area contributed by atoms with Gasteiger partial charge in [-0.3, -0.25) is 14.6 Å². The number of aromatic nitrogens is 3. The molecule has 1 aromatic heterocycles. The van der Waals surface area contributed by atoms with Crippen LogP contribution in [0.4, 0.5) is 5.82 Å². The maximum Gasteiger partial charge on any atom is 0.342 e. The fraction of sp³-hybridized carbons (Fsp3) is 0.214. The van der Waals surface area contributed by atoms with Gasteiger partial charge in [-0.1, -0.05) is 6.07 Å². The van der Waals surface area contributed by atoms with Crippen molar-refractivity contribution in [2.45, 2.75) is 13.0 Å². The molecule has 5 N–H and O–H groups in total. The van der Waals surface area contributed by atoms with E-state index in [1.165, 1.54) is 20.2 Å². The molecule has 1 atom stereocenters. The van der Waals surface area contributed by atoms with Crippen LogP contribution in [0.1, 0.15) is 12.5 Å². The average Bonchev–Trinajstić information content (AvgIpc) is 2.58. The summed E-state index contributed by atoms with van der Waals surface area (Å²) in [5.41, 5.74) is 1.09. The number of benzene rings is 1. The molecule has 2 aromatic rings. The number of carbonyl (C=O) groups excluding carboxylic acids is 1. The molecular weight excluding hydrogens is 332 g/mol. The average molecular weight is 348 g/mol. The zero-order valence-electron chi connectivity index (χ0n) is 13.4. The number of nitrogens with zero attached hydrogens (tertiary/aromatic N) is 2. The highest BCUT2D eigenvalue weighted by molar-refractivity contribution is 5.88. The van der Waals surface area contributed by atoms with E-state index in [1.54, 1.807) is 18.2 Å². The molecule has 1 heterocycles. The third-order valence-corrected chi connectivity index (χ3v) is 3.09. The number of anilines is 1. The number of hydrazone groups is 1. The monoisotopic (exact) mass is 348 g/mol. The van der Waals surface area contributed by atoms with Crippen LogP contribution >= 0.6 is 0 Å². The summed E-state index contributed by atoms with van der Waals surface area (Å²) < 4.78 is 4.96. The number of rotatable bonds is 6. The molecule has 11 nitrogen and oxygen atoms in total. The summed E-state index contributed by atoms with van der Waals surface area (Å²) in [6.45, 7) is 1.47. The van der Waals surface area contributed by atoms with Gasteiger partial charge in [0, 0.05) is 5.56 Å². The molecule has 0 aliphatic rings. The van der Waals surface area contributed by atoms with Crippen molar-refractivity contribution in [1.82, 2.24) is 20.6 Å². The largest absolute Gasteiger partial charge is 0.504 e. The van der Waals surface area contributed by atoms with Crippen LogP contribution in [0.5, 0.6) is 11.5 Å². The summed E-state index contributed by atoms with van der Waals surface area (Å²) >= 11 is 0. The quantitative estimate of drug-likeness (QED) is 0.334. The SMILES string of the molecule is COc1cccc(/C=N/NC(=O)[C@@H](C)Nc2n[nH]c(=O)[nH]c2=O)c1O. The van der Waals surface area contributed by atoms with Crippen molar-refractivity contribution in [2.75, 3.05) is 12.4 Å². The highest BCUT2D eigenvalue weighted by atomic mass is 16.5. The second-order valence-electron chi connectivity index (χ2n) is 4.85. The minimum atomic E-state index is -0.865. The maximum absolute atomic E-state index is 11.9. The van der Waals surface area contributed by atoms with Gasteiger partial charge in [0.15, 0.2) is 11.5 Å². The van der Waals surface area contributed by atoms with Crippen molar-refractivity contribution in [3.63, 3.8) is 0 Å². The minimum absolute atomic E-state index is 0.113. The van der Waals surface area contributed by atoms with Crippen LogP contribution < -0.4 is 26.7 Å². The lowest BCUT2D eigenvalue weighted by Gasteiger charge is -2.11. The summed E-state index contributed by atoms with van der Waals surface area (Å²) in [6, 6.07) is 3.95. The molecule has 0 aliphatic heterocycles. The molecule has 0 bridgehead atoms. The Bertz CT molecular complexity index is 903. The van der Waals surface area contributed by atoms with Crippen LogP contribution in [-0.2, 0) is 4.79 Å². The first-order chi connectivity index (χ1) is 11.9. The number of phenols is 1. The van der Waals surface area contributed by atoms with Crippen LogP contribution in [0, 0.1) is 0 Å². The molecule has 132 valence electrons. The standard InChI is InChI=1S/C14H16N6O5/c1-7(16-11-13(23)17-14(24)20-18-11)12(22)19-15-6-8-4-3-5-9(25-2)10(8)21/h3-7,21H,1-2H3,(H,16,18)(H,19,22)(H2,17,20,23,24)/b15-6+/t7-/m1/s1. The predicted octanol–water partition coefficient (Wildman–Crippen LogP) is -0.877. The van der Waals surface area contributed by atoms with Crippen LogP contribution in [0.3, 0.4) is 0 Å². The van der Waals surface area contributed by atoms with Gasteiger partial charge in [0.1, 0.15) is 6.04 Å². The van der Waals surface area contributed by atoms with E-state index in [1.807, 2.05) is 10.1 Å². The molecule has 0 saturated carbocycles. The van der Waals surface area contributed by atoms with E-state index >= 15 is 0 Å². The van der Waals surface area contributed by atoms with E-state index in [2.05, 4.69) is 20.9 Å². The molecule has 1 amide bonds. The number of aromatic hydroxyl groups is 1. The van der Waals surface area contributed by atoms with E-state index in [0.717, 1.165) is 0 Å². The second kappa shape index (κ2) is 7.77. The van der Waals surface area contributed by atoms with Gasteiger partial charge < -0.3 is 15.2 Å². The number of methoxy groups -OCH3 is 1. The molecule has 0 spiro atoms. The molecule has 0 fully saturated rings. The Morgan fingerprint density at radius 3 is 2.88 bits per heavy atom. The number of hydrogen-bond donors (Lipinski definition) is 5. The molecule has 25 heavy (non-hydrogen) atoms. The van der Waals surface area contributed by atoms with Crippen molar-refractivity contribution in [1.29, 1.82) is 0 Å². The highest BCUT2D eigenvalue weighted by Crippen LogP contribution is 2.27. The van der Waals surface area contributed by atoms with Gasteiger partial charge in [-0.15, -0.1) is 5.10 Å². The number of para-hydroxylation sites is 1. The van der Waals surface area contributed by atoms with Crippen LogP contribution in [0.2, 0.25) is 0 Å². The van der Waals surface area contributed by atoms with Crippen LogP contribution in [0.25, 0.3) is 0 Å². The Morgan fingerprint density at radius 1 is 1.44 bits per heavy atom. The number of aromatic amines is 2. The van der Waals surface area contributed by atoms with Crippen molar-refractivity contribution >= 4 is 17.9 Å². The fourth-order valence-corrected chi connectivity index (χ4v) is 1.79. The summed E-state index contributed by atoms with van der Waals surface area (Å²) in [5, 5.41) is 21.7. The zero-order valence-corrected chi connectivity index (χ0v) is 13.4. The van der Waals surface area contributed by atoms with Crippen molar-refractivity contribution in [3.8, 4) is 11.5 Å². The molecule has 0 radical (unpaired) electrons. The predicted molar refractivity (Wildman–Crippen MR) is 89.0 cm³/mol. The lowest BCUT2D eigenvalue weighted by molar-refractivity contribution is -0.121. The van der Waals surface area contributed by atoms with E-state index in [4.69, 9.17) is 4.74 Å². The Balaban J connectivity index is 1.99. The first kappa shape index (κ1) is 17.7. The molecule has 0 saturated heterocycles. The lowest BCUT2D eigenvalue weighted by Crippen LogP contribution is -2.38. The Morgan fingerprint density at radius 2 is 2.20 bits per heavy atom. The van der Waals surface area contributed by atoms with Crippen LogP contribution in [-0.4, -0.2) is 45.6 Å². The molecule has 1 aromatic carbocycles. The molecule has 11 heteroatoms. The summed E-state index contributed by atoms with van der Waals surface area (Å²) in [6.07, 6.45) is 1.24. The van der Waals surface area contributed by atoms with Crippen molar-refractivity contribution in [3.05, 3.63) is 44.6 Å². The number of H-pyrrole nitrogens is 2.